The van der Waals surface area contributed by atoms with Crippen LogP contribution >= 0.6 is 0 Å². The van der Waals surface area contributed by atoms with E-state index in [9.17, 15) is 19.5 Å². The Labute approximate surface area is 243 Å². The van der Waals surface area contributed by atoms with Gasteiger partial charge in [-0.15, -0.1) is 0 Å². The van der Waals surface area contributed by atoms with Gasteiger partial charge in [-0.2, -0.15) is 0 Å². The molecule has 1 N–H and O–H groups in total. The highest BCUT2D eigenvalue weighted by Gasteiger charge is 2.55. The number of nitrogens with zero attached hydrogens (tertiary/aromatic N) is 3. The molecule has 218 valence electrons. The zero-order chi connectivity index (χ0) is 28.7. The normalized spacial score (nSPS) is 23.5. The fourth-order valence-electron chi connectivity index (χ4n) is 8.35. The fraction of sp³-hybridized carbons (Fsp3) is 0.515. The number of Topliss-reactive ketones (excluding diaryl/α,β-unsaturated/α-hetero) is 1. The molecule has 0 spiro atoms. The number of aliphatic carboxylic acids is 1. The molecule has 2 atom stereocenters. The number of piperidine rings is 1. The molecular formula is C33H35N3O6. The van der Waals surface area contributed by atoms with Gasteiger partial charge < -0.3 is 24.0 Å². The van der Waals surface area contributed by atoms with Gasteiger partial charge in [-0.05, 0) is 74.4 Å². The van der Waals surface area contributed by atoms with Gasteiger partial charge in [0.15, 0.2) is 11.5 Å². The number of hydrogen-bond donors (Lipinski definition) is 1. The molecule has 8 rings (SSSR count). The summed E-state index contributed by atoms with van der Waals surface area (Å²) in [7, 11) is 0. The maximum absolute atomic E-state index is 14.2. The van der Waals surface area contributed by atoms with Crippen LogP contribution in [0.5, 0.6) is 11.5 Å². The molecular weight excluding hydrogens is 534 g/mol. The summed E-state index contributed by atoms with van der Waals surface area (Å²) in [6, 6.07) is 5.90. The number of carboxylic acid groups (broad SMARTS) is 1. The number of likely N-dealkylation sites (tertiary alicyclic amines) is 1. The summed E-state index contributed by atoms with van der Waals surface area (Å²) < 4.78 is 13.1. The second-order valence-electron chi connectivity index (χ2n) is 12.7. The van der Waals surface area contributed by atoms with E-state index in [1.165, 1.54) is 12.0 Å². The summed E-state index contributed by atoms with van der Waals surface area (Å²) in [6.45, 7) is 4.47. The molecule has 3 aliphatic heterocycles. The molecule has 3 aromatic rings. The quantitative estimate of drug-likeness (QED) is 0.364. The summed E-state index contributed by atoms with van der Waals surface area (Å²) in [5, 5.41) is 11.6. The van der Waals surface area contributed by atoms with Gasteiger partial charge in [-0.1, -0.05) is 19.8 Å². The van der Waals surface area contributed by atoms with Gasteiger partial charge in [0.2, 0.25) is 6.79 Å². The average Bonchev–Trinajstić information content (AvgIpc) is 3.64. The van der Waals surface area contributed by atoms with Crippen LogP contribution in [0.15, 0.2) is 23.0 Å². The van der Waals surface area contributed by atoms with Crippen molar-refractivity contribution in [1.29, 1.82) is 0 Å². The number of aromatic nitrogens is 2. The van der Waals surface area contributed by atoms with Gasteiger partial charge in [0.25, 0.3) is 5.56 Å². The van der Waals surface area contributed by atoms with E-state index < -0.39 is 17.3 Å². The Morgan fingerprint density at radius 3 is 2.52 bits per heavy atom. The number of ether oxygens (including phenoxy) is 2. The molecule has 9 heteroatoms. The standard InChI is InChI=1S/C33H35N3O6/c1-2-33(23(32(39)40)16-35-9-4-3-5-10-35)22-13-25-30-21(15-36(25)31(38)19(22)12-28(33)37)29(18-7-6-8-18)20-11-26-27(42-17-41-26)14-24(20)34-30/h11,13-14,18,23H,2-10,12,15-17H2,1H3,(H,39,40). The highest BCUT2D eigenvalue weighted by atomic mass is 16.7. The number of carbonyl (C=O) groups excluding carboxylic acids is 1. The Hall–Kier alpha value is -3.72. The predicted molar refractivity (Wildman–Crippen MR) is 155 cm³/mol. The summed E-state index contributed by atoms with van der Waals surface area (Å²) in [4.78, 5) is 48.2. The number of hydrogen-bond acceptors (Lipinski definition) is 7. The minimum atomic E-state index is -1.24. The summed E-state index contributed by atoms with van der Waals surface area (Å²) in [5.41, 5.74) is 4.16. The van der Waals surface area contributed by atoms with E-state index in [4.69, 9.17) is 14.5 Å². The maximum Gasteiger partial charge on any atom is 0.309 e. The molecule has 9 nitrogen and oxygen atoms in total. The molecule has 5 aliphatic rings. The van der Waals surface area contributed by atoms with Crippen LogP contribution in [-0.2, 0) is 28.0 Å². The Morgan fingerprint density at radius 1 is 1.07 bits per heavy atom. The molecule has 5 heterocycles. The number of carbonyl (C=O) groups is 2. The lowest BCUT2D eigenvalue weighted by atomic mass is 9.68. The Bertz CT molecular complexity index is 1730. The average molecular weight is 570 g/mol. The first-order valence-corrected chi connectivity index (χ1v) is 15.4. The van der Waals surface area contributed by atoms with Crippen molar-refractivity contribution in [2.75, 3.05) is 26.4 Å². The van der Waals surface area contributed by atoms with Crippen LogP contribution in [0.25, 0.3) is 22.3 Å². The number of pyridine rings is 2. The largest absolute Gasteiger partial charge is 0.481 e. The van der Waals surface area contributed by atoms with E-state index in [-0.39, 0.29) is 24.6 Å². The van der Waals surface area contributed by atoms with Crippen LogP contribution in [0.3, 0.4) is 0 Å². The molecule has 0 amide bonds. The highest BCUT2D eigenvalue weighted by molar-refractivity contribution is 6.01. The third kappa shape index (κ3) is 3.52. The third-order valence-electron chi connectivity index (χ3n) is 10.8. The molecule has 2 unspecified atom stereocenters. The minimum Gasteiger partial charge on any atom is -0.481 e. The summed E-state index contributed by atoms with van der Waals surface area (Å²) in [5.74, 6) is -0.281. The minimum absolute atomic E-state index is 0.0192. The van der Waals surface area contributed by atoms with Gasteiger partial charge in [-0.3, -0.25) is 14.4 Å². The Morgan fingerprint density at radius 2 is 1.83 bits per heavy atom. The Balaban J connectivity index is 1.32. The van der Waals surface area contributed by atoms with E-state index in [0.29, 0.717) is 48.0 Å². The molecule has 1 saturated carbocycles. The number of rotatable bonds is 6. The van der Waals surface area contributed by atoms with Crippen LogP contribution < -0.4 is 15.0 Å². The molecule has 0 radical (unpaired) electrons. The van der Waals surface area contributed by atoms with Gasteiger partial charge in [0, 0.05) is 35.5 Å². The van der Waals surface area contributed by atoms with E-state index in [2.05, 4.69) is 4.90 Å². The van der Waals surface area contributed by atoms with Crippen LogP contribution in [0.4, 0.5) is 0 Å². The lowest BCUT2D eigenvalue weighted by Gasteiger charge is -2.38. The molecule has 2 aromatic heterocycles. The second-order valence-corrected chi connectivity index (χ2v) is 12.7. The van der Waals surface area contributed by atoms with Crippen LogP contribution in [0, 0.1) is 5.92 Å². The zero-order valence-electron chi connectivity index (χ0n) is 23.9. The fourth-order valence-corrected chi connectivity index (χ4v) is 8.35. The first-order valence-electron chi connectivity index (χ1n) is 15.4. The van der Waals surface area contributed by atoms with Gasteiger partial charge >= 0.3 is 5.97 Å². The van der Waals surface area contributed by atoms with Crippen molar-refractivity contribution in [3.8, 4) is 22.9 Å². The Kier molecular flexibility index (Phi) is 5.80. The van der Waals surface area contributed by atoms with E-state index in [1.807, 2.05) is 25.1 Å². The van der Waals surface area contributed by atoms with Crippen molar-refractivity contribution in [2.45, 2.75) is 76.2 Å². The molecule has 0 bridgehead atoms. The number of fused-ring (bicyclic) bond motifs is 6. The number of ketones is 1. The maximum atomic E-state index is 14.2. The van der Waals surface area contributed by atoms with Crippen molar-refractivity contribution >= 4 is 22.7 Å². The lowest BCUT2D eigenvalue weighted by molar-refractivity contribution is -0.149. The van der Waals surface area contributed by atoms with Crippen molar-refractivity contribution < 1.29 is 24.2 Å². The predicted octanol–water partition coefficient (Wildman–Crippen LogP) is 4.38. The smallest absolute Gasteiger partial charge is 0.309 e. The first kappa shape index (κ1) is 25.9. The SMILES string of the molecule is CCC1(C(CN2CCCCC2)C(=O)O)C(=O)Cc2c1cc1n(c2=O)Cc2c-1nc1cc3c(cc1c2C1CCC1)OCO3. The van der Waals surface area contributed by atoms with Crippen molar-refractivity contribution in [3.05, 3.63) is 50.8 Å². The number of carboxylic acids is 1. The summed E-state index contributed by atoms with van der Waals surface area (Å²) >= 11 is 0. The van der Waals surface area contributed by atoms with Gasteiger partial charge in [-0.25, -0.2) is 4.98 Å². The highest BCUT2D eigenvalue weighted by Crippen LogP contribution is 2.50. The molecule has 1 saturated heterocycles. The van der Waals surface area contributed by atoms with Crippen molar-refractivity contribution in [3.63, 3.8) is 0 Å². The first-order chi connectivity index (χ1) is 20.4. The number of benzene rings is 1. The van der Waals surface area contributed by atoms with Crippen molar-refractivity contribution in [1.82, 2.24) is 14.5 Å². The van der Waals surface area contributed by atoms with E-state index >= 15 is 0 Å². The monoisotopic (exact) mass is 569 g/mol. The second kappa shape index (κ2) is 9.39. The van der Waals surface area contributed by atoms with Crippen LogP contribution in [0.2, 0.25) is 0 Å². The van der Waals surface area contributed by atoms with Crippen LogP contribution in [0.1, 0.15) is 80.0 Å². The summed E-state index contributed by atoms with van der Waals surface area (Å²) in [6.07, 6.45) is 6.87. The third-order valence-corrected chi connectivity index (χ3v) is 10.8. The van der Waals surface area contributed by atoms with E-state index in [1.54, 1.807) is 4.57 Å². The van der Waals surface area contributed by atoms with Crippen molar-refractivity contribution in [2.24, 2.45) is 5.92 Å². The molecule has 42 heavy (non-hydrogen) atoms. The van der Waals surface area contributed by atoms with Crippen LogP contribution in [-0.4, -0.2) is 57.7 Å². The molecule has 2 fully saturated rings. The van der Waals surface area contributed by atoms with Gasteiger partial charge in [0.05, 0.1) is 34.8 Å². The molecule has 2 aliphatic carbocycles. The lowest BCUT2D eigenvalue weighted by Crippen LogP contribution is -2.50. The molecule has 1 aromatic carbocycles. The zero-order valence-corrected chi connectivity index (χ0v) is 23.9. The van der Waals surface area contributed by atoms with E-state index in [0.717, 1.165) is 73.1 Å². The topological polar surface area (TPSA) is 111 Å². The van der Waals surface area contributed by atoms with Gasteiger partial charge in [0.1, 0.15) is 5.78 Å².